The molecule has 3 rings (SSSR count). The summed E-state index contributed by atoms with van der Waals surface area (Å²) in [5.74, 6) is -1.34. The molecule has 0 saturated heterocycles. The topological polar surface area (TPSA) is 106 Å². The number of hydrazone groups is 1. The highest BCUT2D eigenvalue weighted by molar-refractivity contribution is 6.42. The fraction of sp³-hybridized carbons (Fsp3) is 0.0833. The van der Waals surface area contributed by atoms with Crippen LogP contribution in [0.2, 0.25) is 20.1 Å². The summed E-state index contributed by atoms with van der Waals surface area (Å²) in [6, 6.07) is 13.4. The molecule has 12 heteroatoms. The molecule has 36 heavy (non-hydrogen) atoms. The van der Waals surface area contributed by atoms with Gasteiger partial charge in [0.2, 0.25) is 0 Å². The molecule has 0 aliphatic carbocycles. The molecule has 0 aliphatic rings. The maximum Gasteiger partial charge on any atom is 0.345 e. The van der Waals surface area contributed by atoms with E-state index < -0.39 is 17.8 Å². The molecule has 0 atom stereocenters. The zero-order valence-electron chi connectivity index (χ0n) is 18.5. The van der Waals surface area contributed by atoms with Gasteiger partial charge in [0.1, 0.15) is 0 Å². The molecular weight excluding hydrogens is 552 g/mol. The largest absolute Gasteiger partial charge is 0.493 e. The summed E-state index contributed by atoms with van der Waals surface area (Å²) in [6.07, 6.45) is 1.35. The Morgan fingerprint density at radius 1 is 0.889 bits per heavy atom. The van der Waals surface area contributed by atoms with Gasteiger partial charge in [-0.2, -0.15) is 5.10 Å². The van der Waals surface area contributed by atoms with Crippen LogP contribution in [-0.2, 0) is 4.79 Å². The number of esters is 1. The van der Waals surface area contributed by atoms with Crippen molar-refractivity contribution in [2.75, 3.05) is 13.7 Å². The maximum absolute atomic E-state index is 12.5. The van der Waals surface area contributed by atoms with Crippen LogP contribution in [0.15, 0.2) is 59.7 Å². The van der Waals surface area contributed by atoms with Crippen molar-refractivity contribution >= 4 is 70.4 Å². The zero-order valence-corrected chi connectivity index (χ0v) is 21.5. The number of carbonyl (C=O) groups is 3. The predicted octanol–water partition coefficient (Wildman–Crippen LogP) is 5.41. The molecule has 0 aromatic heterocycles. The van der Waals surface area contributed by atoms with Crippen LogP contribution < -0.4 is 20.2 Å². The summed E-state index contributed by atoms with van der Waals surface area (Å²) in [7, 11) is 1.40. The normalized spacial score (nSPS) is 10.7. The first-order valence-electron chi connectivity index (χ1n) is 10.1. The highest BCUT2D eigenvalue weighted by Gasteiger charge is 2.16. The molecule has 0 unspecified atom stereocenters. The van der Waals surface area contributed by atoms with E-state index in [4.69, 9.17) is 55.9 Å². The van der Waals surface area contributed by atoms with Crippen LogP contribution in [0.4, 0.5) is 0 Å². The van der Waals surface area contributed by atoms with E-state index in [1.54, 1.807) is 12.1 Å². The molecule has 8 nitrogen and oxygen atoms in total. The molecular formula is C24H17Cl4N3O5. The van der Waals surface area contributed by atoms with Crippen LogP contribution in [0.3, 0.4) is 0 Å². The SMILES string of the molecule is COc1cc(C=NNC(=O)CNC(=O)c2ccc(Cl)c(Cl)c2)ccc1OC(=O)c1ccc(Cl)cc1Cl. The molecule has 0 spiro atoms. The summed E-state index contributed by atoms with van der Waals surface area (Å²) in [5, 5.41) is 7.37. The Hall–Kier alpha value is -3.30. The Kier molecular flexibility index (Phi) is 9.55. The molecule has 3 aromatic rings. The van der Waals surface area contributed by atoms with Gasteiger partial charge in [-0.05, 0) is 60.2 Å². The quantitative estimate of drug-likeness (QED) is 0.164. The van der Waals surface area contributed by atoms with Gasteiger partial charge in [-0.3, -0.25) is 9.59 Å². The van der Waals surface area contributed by atoms with Crippen molar-refractivity contribution < 1.29 is 23.9 Å². The third-order valence-corrected chi connectivity index (χ3v) is 5.82. The number of hydrogen-bond donors (Lipinski definition) is 2. The number of hydrogen-bond acceptors (Lipinski definition) is 6. The second-order valence-corrected chi connectivity index (χ2v) is 8.69. The zero-order chi connectivity index (χ0) is 26.2. The van der Waals surface area contributed by atoms with Crippen LogP contribution in [0, 0.1) is 0 Å². The van der Waals surface area contributed by atoms with Crippen LogP contribution in [0.25, 0.3) is 0 Å². The Balaban J connectivity index is 1.56. The molecule has 3 aromatic carbocycles. The monoisotopic (exact) mass is 567 g/mol. The van der Waals surface area contributed by atoms with Crippen molar-refractivity contribution in [3.8, 4) is 11.5 Å². The van der Waals surface area contributed by atoms with Crippen LogP contribution in [-0.4, -0.2) is 37.7 Å². The first kappa shape index (κ1) is 27.3. The number of methoxy groups -OCH3 is 1. The molecule has 0 heterocycles. The van der Waals surface area contributed by atoms with Gasteiger partial charge < -0.3 is 14.8 Å². The predicted molar refractivity (Wildman–Crippen MR) is 139 cm³/mol. The lowest BCUT2D eigenvalue weighted by Crippen LogP contribution is -2.34. The van der Waals surface area contributed by atoms with E-state index in [9.17, 15) is 14.4 Å². The van der Waals surface area contributed by atoms with Gasteiger partial charge in [0.25, 0.3) is 11.8 Å². The van der Waals surface area contributed by atoms with Gasteiger partial charge in [0, 0.05) is 10.6 Å². The van der Waals surface area contributed by atoms with Crippen molar-refractivity contribution in [1.29, 1.82) is 0 Å². The number of rotatable bonds is 8. The highest BCUT2D eigenvalue weighted by atomic mass is 35.5. The molecule has 0 aliphatic heterocycles. The van der Waals surface area contributed by atoms with Crippen molar-refractivity contribution in [3.05, 3.63) is 91.4 Å². The van der Waals surface area contributed by atoms with E-state index in [1.165, 1.54) is 55.8 Å². The molecule has 2 N–H and O–H groups in total. The van der Waals surface area contributed by atoms with E-state index >= 15 is 0 Å². The number of amides is 2. The Bertz CT molecular complexity index is 1350. The van der Waals surface area contributed by atoms with E-state index in [-0.39, 0.29) is 39.2 Å². The van der Waals surface area contributed by atoms with Gasteiger partial charge in [0.05, 0.1) is 40.5 Å². The van der Waals surface area contributed by atoms with Crippen molar-refractivity contribution in [2.45, 2.75) is 0 Å². The first-order chi connectivity index (χ1) is 17.2. The van der Waals surface area contributed by atoms with Crippen LogP contribution >= 0.6 is 46.4 Å². The summed E-state index contributed by atoms with van der Waals surface area (Å²) >= 11 is 23.6. The number of nitrogens with zero attached hydrogens (tertiary/aromatic N) is 1. The van der Waals surface area contributed by atoms with E-state index in [0.29, 0.717) is 15.6 Å². The third-order valence-electron chi connectivity index (χ3n) is 4.54. The lowest BCUT2D eigenvalue weighted by atomic mass is 10.2. The number of halogens is 4. The molecule has 0 radical (unpaired) electrons. The number of nitrogens with one attached hydrogen (secondary N) is 2. The third kappa shape index (κ3) is 7.35. The van der Waals surface area contributed by atoms with E-state index in [0.717, 1.165) is 0 Å². The molecule has 0 saturated carbocycles. The minimum Gasteiger partial charge on any atom is -0.493 e. The average molecular weight is 569 g/mol. The number of carbonyl (C=O) groups excluding carboxylic acids is 3. The minimum atomic E-state index is -0.688. The lowest BCUT2D eigenvalue weighted by molar-refractivity contribution is -0.120. The summed E-state index contributed by atoms with van der Waals surface area (Å²) in [5.41, 5.74) is 3.23. The Morgan fingerprint density at radius 2 is 1.67 bits per heavy atom. The molecule has 0 bridgehead atoms. The van der Waals surface area contributed by atoms with Gasteiger partial charge >= 0.3 is 5.97 Å². The van der Waals surface area contributed by atoms with E-state index in [2.05, 4.69) is 15.8 Å². The summed E-state index contributed by atoms with van der Waals surface area (Å²) in [6.45, 7) is -0.318. The Morgan fingerprint density at radius 3 is 2.36 bits per heavy atom. The summed E-state index contributed by atoms with van der Waals surface area (Å²) < 4.78 is 10.7. The second-order valence-electron chi connectivity index (χ2n) is 7.03. The van der Waals surface area contributed by atoms with Crippen molar-refractivity contribution in [1.82, 2.24) is 10.7 Å². The molecule has 2 amide bonds. The molecule has 0 fully saturated rings. The van der Waals surface area contributed by atoms with Crippen molar-refractivity contribution in [3.63, 3.8) is 0 Å². The van der Waals surface area contributed by atoms with Crippen molar-refractivity contribution in [2.24, 2.45) is 5.10 Å². The van der Waals surface area contributed by atoms with Gasteiger partial charge in [-0.25, -0.2) is 10.2 Å². The minimum absolute atomic E-state index is 0.141. The lowest BCUT2D eigenvalue weighted by Gasteiger charge is -2.10. The van der Waals surface area contributed by atoms with Gasteiger partial charge in [-0.15, -0.1) is 0 Å². The van der Waals surface area contributed by atoms with E-state index in [1.807, 2.05) is 0 Å². The number of ether oxygens (including phenoxy) is 2. The Labute approximate surface area is 226 Å². The fourth-order valence-electron chi connectivity index (χ4n) is 2.78. The standard InChI is InChI=1S/C24H17Cl4N3O5/c1-35-21-8-13(2-7-20(21)36-24(34)16-5-4-15(25)10-18(16)27)11-30-31-22(32)12-29-23(33)14-3-6-17(26)19(28)9-14/h2-11H,12H2,1H3,(H,29,33)(H,31,32). The maximum atomic E-state index is 12.5. The van der Waals surface area contributed by atoms with Gasteiger partial charge in [-0.1, -0.05) is 46.4 Å². The summed E-state index contributed by atoms with van der Waals surface area (Å²) in [4.78, 5) is 36.6. The first-order valence-corrected chi connectivity index (χ1v) is 11.6. The fourth-order valence-corrected chi connectivity index (χ4v) is 3.56. The van der Waals surface area contributed by atoms with Crippen LogP contribution in [0.5, 0.6) is 11.5 Å². The average Bonchev–Trinajstić information content (AvgIpc) is 2.84. The van der Waals surface area contributed by atoms with Crippen LogP contribution in [0.1, 0.15) is 26.3 Å². The highest BCUT2D eigenvalue weighted by Crippen LogP contribution is 2.30. The smallest absolute Gasteiger partial charge is 0.345 e. The second kappa shape index (κ2) is 12.6. The molecule has 186 valence electrons. The number of benzene rings is 3. The van der Waals surface area contributed by atoms with Gasteiger partial charge in [0.15, 0.2) is 11.5 Å².